The van der Waals surface area contributed by atoms with Crippen molar-refractivity contribution in [3.05, 3.63) is 69.5 Å². The van der Waals surface area contributed by atoms with Gasteiger partial charge in [0.25, 0.3) is 0 Å². The van der Waals surface area contributed by atoms with E-state index in [1.54, 1.807) is 0 Å². The van der Waals surface area contributed by atoms with Crippen molar-refractivity contribution in [2.24, 2.45) is 0 Å². The molecule has 0 atom stereocenters. The molecule has 2 aromatic carbocycles. The average molecular weight is 308 g/mol. The van der Waals surface area contributed by atoms with E-state index < -0.39 is 0 Å². The Morgan fingerprint density at radius 2 is 1.52 bits per heavy atom. The molecule has 0 heterocycles. The van der Waals surface area contributed by atoms with Gasteiger partial charge in [0.05, 0.1) is 0 Å². The lowest BCUT2D eigenvalue weighted by atomic mass is 9.93. The summed E-state index contributed by atoms with van der Waals surface area (Å²) in [4.78, 5) is 0. The third-order valence-electron chi connectivity index (χ3n) is 5.45. The van der Waals surface area contributed by atoms with Gasteiger partial charge in [-0.15, -0.1) is 0 Å². The lowest BCUT2D eigenvalue weighted by Gasteiger charge is -2.13. The molecule has 0 amide bonds. The zero-order valence-corrected chi connectivity index (χ0v) is 14.2. The van der Waals surface area contributed by atoms with E-state index in [0.717, 1.165) is 48.3 Å². The Morgan fingerprint density at radius 3 is 2.22 bits per heavy atom. The lowest BCUT2D eigenvalue weighted by molar-refractivity contribution is 0.590. The average Bonchev–Trinajstić information content (AvgIpc) is 3.40. The predicted octanol–water partition coefficient (Wildman–Crippen LogP) is 5.98. The van der Waals surface area contributed by atoms with E-state index in [9.17, 15) is 4.39 Å². The largest absolute Gasteiger partial charge is 0.206 e. The van der Waals surface area contributed by atoms with Crippen LogP contribution >= 0.6 is 0 Å². The third kappa shape index (κ3) is 3.06. The molecule has 4 rings (SSSR count). The van der Waals surface area contributed by atoms with Crippen molar-refractivity contribution in [2.45, 2.75) is 64.2 Å². The van der Waals surface area contributed by atoms with Gasteiger partial charge >= 0.3 is 0 Å². The highest BCUT2D eigenvalue weighted by Gasteiger charge is 2.29. The highest BCUT2D eigenvalue weighted by atomic mass is 19.1. The van der Waals surface area contributed by atoms with E-state index in [1.807, 2.05) is 13.0 Å². The van der Waals surface area contributed by atoms with Gasteiger partial charge in [-0.25, -0.2) is 4.39 Å². The summed E-state index contributed by atoms with van der Waals surface area (Å²) >= 11 is 0. The Balaban J connectivity index is 1.57. The fourth-order valence-corrected chi connectivity index (χ4v) is 3.79. The molecule has 2 aliphatic carbocycles. The minimum atomic E-state index is 0.0765. The smallest absolute Gasteiger partial charge is 0.130 e. The third-order valence-corrected chi connectivity index (χ3v) is 5.45. The van der Waals surface area contributed by atoms with Gasteiger partial charge in [-0.3, -0.25) is 0 Å². The Bertz CT molecular complexity index is 736. The summed E-state index contributed by atoms with van der Waals surface area (Å²) in [7, 11) is 0. The van der Waals surface area contributed by atoms with Crippen LogP contribution in [0.1, 0.15) is 70.9 Å². The molecule has 23 heavy (non-hydrogen) atoms. The zero-order chi connectivity index (χ0) is 16.0. The van der Waals surface area contributed by atoms with Gasteiger partial charge < -0.3 is 0 Å². The van der Waals surface area contributed by atoms with Crippen LogP contribution in [-0.2, 0) is 12.8 Å². The number of benzene rings is 2. The Kier molecular flexibility index (Phi) is 3.75. The van der Waals surface area contributed by atoms with Crippen molar-refractivity contribution in [1.82, 2.24) is 0 Å². The Hall–Kier alpha value is -1.63. The van der Waals surface area contributed by atoms with Crippen molar-refractivity contribution in [2.75, 3.05) is 0 Å². The SMILES string of the molecule is Cc1ccc(CCc2ccc(C)c(C3CC3)c2F)c(C2CC2)c1. The highest BCUT2D eigenvalue weighted by Crippen LogP contribution is 2.44. The maximum Gasteiger partial charge on any atom is 0.130 e. The number of hydrogen-bond acceptors (Lipinski definition) is 0. The number of rotatable bonds is 5. The van der Waals surface area contributed by atoms with Gasteiger partial charge in [-0.05, 0) is 92.0 Å². The van der Waals surface area contributed by atoms with E-state index in [-0.39, 0.29) is 5.82 Å². The normalized spacial score (nSPS) is 17.5. The van der Waals surface area contributed by atoms with E-state index in [2.05, 4.69) is 31.2 Å². The van der Waals surface area contributed by atoms with Gasteiger partial charge in [0, 0.05) is 0 Å². The first-order chi connectivity index (χ1) is 11.1. The van der Waals surface area contributed by atoms with Gasteiger partial charge in [-0.1, -0.05) is 35.9 Å². The van der Waals surface area contributed by atoms with Crippen molar-refractivity contribution in [3.63, 3.8) is 0 Å². The molecular weight excluding hydrogens is 283 g/mol. The van der Waals surface area contributed by atoms with Crippen LogP contribution < -0.4 is 0 Å². The first-order valence-electron chi connectivity index (χ1n) is 9.01. The van der Waals surface area contributed by atoms with Gasteiger partial charge in [0.2, 0.25) is 0 Å². The zero-order valence-electron chi connectivity index (χ0n) is 14.2. The minimum absolute atomic E-state index is 0.0765. The van der Waals surface area contributed by atoms with E-state index >= 15 is 0 Å². The van der Waals surface area contributed by atoms with Crippen molar-refractivity contribution < 1.29 is 4.39 Å². The summed E-state index contributed by atoms with van der Waals surface area (Å²) in [5, 5.41) is 0. The van der Waals surface area contributed by atoms with Crippen molar-refractivity contribution in [1.29, 1.82) is 0 Å². The maximum atomic E-state index is 14.9. The Labute approximate surface area is 138 Å². The van der Waals surface area contributed by atoms with Crippen LogP contribution in [0, 0.1) is 19.7 Å². The molecule has 120 valence electrons. The molecule has 2 fully saturated rings. The van der Waals surface area contributed by atoms with Crippen LogP contribution in [0.3, 0.4) is 0 Å². The fraction of sp³-hybridized carbons (Fsp3) is 0.455. The predicted molar refractivity (Wildman–Crippen MR) is 93.7 cm³/mol. The molecule has 0 unspecified atom stereocenters. The molecule has 2 aromatic rings. The summed E-state index contributed by atoms with van der Waals surface area (Å²) in [6.07, 6.45) is 6.73. The fourth-order valence-electron chi connectivity index (χ4n) is 3.79. The second-order valence-corrected chi connectivity index (χ2v) is 7.52. The molecule has 2 aliphatic rings. The second kappa shape index (κ2) is 5.78. The molecule has 0 aromatic heterocycles. The summed E-state index contributed by atoms with van der Waals surface area (Å²) in [5.41, 5.74) is 7.30. The molecule has 0 aliphatic heterocycles. The molecule has 0 N–H and O–H groups in total. The maximum absolute atomic E-state index is 14.9. The van der Waals surface area contributed by atoms with Crippen LogP contribution in [-0.4, -0.2) is 0 Å². The number of halogens is 1. The molecule has 0 spiro atoms. The first kappa shape index (κ1) is 14.9. The molecule has 0 bridgehead atoms. The first-order valence-corrected chi connectivity index (χ1v) is 9.01. The van der Waals surface area contributed by atoms with Gasteiger partial charge in [0.1, 0.15) is 5.82 Å². The monoisotopic (exact) mass is 308 g/mol. The Morgan fingerprint density at radius 1 is 0.870 bits per heavy atom. The highest BCUT2D eigenvalue weighted by molar-refractivity contribution is 5.40. The van der Waals surface area contributed by atoms with Crippen LogP contribution in [0.15, 0.2) is 30.3 Å². The molecule has 0 saturated heterocycles. The summed E-state index contributed by atoms with van der Waals surface area (Å²) in [6, 6.07) is 10.9. The van der Waals surface area contributed by atoms with Crippen molar-refractivity contribution >= 4 is 0 Å². The van der Waals surface area contributed by atoms with E-state index in [0.29, 0.717) is 5.92 Å². The number of aryl methyl sites for hydroxylation is 4. The van der Waals surface area contributed by atoms with E-state index in [1.165, 1.54) is 29.5 Å². The van der Waals surface area contributed by atoms with Gasteiger partial charge in [-0.2, -0.15) is 0 Å². The number of hydrogen-bond donors (Lipinski definition) is 0. The molecular formula is C22H25F. The minimum Gasteiger partial charge on any atom is -0.206 e. The standard InChI is InChI=1S/C22H25F/c1-14-3-5-16(20(13-14)17-7-8-17)9-12-19-6-4-15(2)21(22(19)23)18-10-11-18/h3-6,13,17-18H,7-12H2,1-2H3. The summed E-state index contributed by atoms with van der Waals surface area (Å²) < 4.78 is 14.9. The molecule has 2 saturated carbocycles. The molecule has 0 radical (unpaired) electrons. The summed E-state index contributed by atoms with van der Waals surface area (Å²) in [5.74, 6) is 1.32. The quantitative estimate of drug-likeness (QED) is 0.637. The summed E-state index contributed by atoms with van der Waals surface area (Å²) in [6.45, 7) is 4.21. The van der Waals surface area contributed by atoms with E-state index in [4.69, 9.17) is 0 Å². The molecule has 0 nitrogen and oxygen atoms in total. The topological polar surface area (TPSA) is 0 Å². The van der Waals surface area contributed by atoms with Crippen LogP contribution in [0.5, 0.6) is 0 Å². The lowest BCUT2D eigenvalue weighted by Crippen LogP contribution is -2.02. The van der Waals surface area contributed by atoms with Gasteiger partial charge in [0.15, 0.2) is 0 Å². The van der Waals surface area contributed by atoms with Crippen molar-refractivity contribution in [3.8, 4) is 0 Å². The van der Waals surface area contributed by atoms with Crippen LogP contribution in [0.2, 0.25) is 0 Å². The van der Waals surface area contributed by atoms with Crippen LogP contribution in [0.4, 0.5) is 4.39 Å². The van der Waals surface area contributed by atoms with Crippen LogP contribution in [0.25, 0.3) is 0 Å². The molecule has 1 heteroatoms. The second-order valence-electron chi connectivity index (χ2n) is 7.52.